The smallest absolute Gasteiger partial charge is 0.406 e. The number of fused-ring (bicyclic) bond motifs is 1. The largest absolute Gasteiger partial charge is 0.497 e. The number of carbonyl (C=O) groups excluding carboxylic acids is 1. The van der Waals surface area contributed by atoms with Gasteiger partial charge in [-0.05, 0) is 88.0 Å². The maximum atomic E-state index is 13.4. The summed E-state index contributed by atoms with van der Waals surface area (Å²) in [6, 6.07) is 13.0. The summed E-state index contributed by atoms with van der Waals surface area (Å²) in [5.41, 5.74) is 2.37. The second-order valence-electron chi connectivity index (χ2n) is 10.2. The highest BCUT2D eigenvalue weighted by Gasteiger charge is 2.37. The molecule has 0 saturated carbocycles. The van der Waals surface area contributed by atoms with Crippen LogP contribution < -0.4 is 4.74 Å². The minimum atomic E-state index is -4.47. The lowest BCUT2D eigenvalue weighted by Crippen LogP contribution is -2.51. The van der Waals surface area contributed by atoms with E-state index in [1.54, 1.807) is 25.4 Å². The molecule has 1 N–H and O–H groups in total. The Hall–Kier alpha value is -3.07. The summed E-state index contributed by atoms with van der Waals surface area (Å²) in [5.74, 6) is 0.177. The van der Waals surface area contributed by atoms with E-state index in [1.165, 1.54) is 11.6 Å². The number of alkyl halides is 3. The SMILES string of the molecule is COc1cccc(CC(C)(C)N2CCC(CN(CC(F)(F)F)C(=O)c3cc4ncccc4[nH]3)CC2)c1. The number of nitrogens with one attached hydrogen (secondary N) is 1. The Labute approximate surface area is 209 Å². The van der Waals surface area contributed by atoms with Crippen LogP contribution in [0.1, 0.15) is 42.7 Å². The van der Waals surface area contributed by atoms with Gasteiger partial charge in [-0.2, -0.15) is 13.2 Å². The van der Waals surface area contributed by atoms with Gasteiger partial charge in [0.25, 0.3) is 5.91 Å². The average molecular weight is 503 g/mol. The highest BCUT2D eigenvalue weighted by molar-refractivity contribution is 5.97. The van der Waals surface area contributed by atoms with E-state index in [9.17, 15) is 18.0 Å². The normalized spacial score (nSPS) is 15.8. The lowest BCUT2D eigenvalue weighted by molar-refractivity contribution is -0.142. The number of aromatic amines is 1. The molecule has 1 aliphatic rings. The molecule has 3 aromatic rings. The maximum Gasteiger partial charge on any atom is 0.406 e. The number of likely N-dealkylation sites (tertiary alicyclic amines) is 1. The van der Waals surface area contributed by atoms with Crippen molar-refractivity contribution >= 4 is 16.9 Å². The standard InChI is InChI=1S/C27H33F3N4O2/c1-26(2,16-20-6-4-7-21(14-20)36-3)34-12-9-19(10-13-34)17-33(18-27(28,29)30)25(35)24-15-23-22(32-24)8-5-11-31-23/h4-8,11,14-15,19,32H,9-10,12-13,16-18H2,1-3H3. The lowest BCUT2D eigenvalue weighted by atomic mass is 9.88. The number of methoxy groups -OCH3 is 1. The van der Waals surface area contributed by atoms with E-state index in [4.69, 9.17) is 4.74 Å². The fraction of sp³-hybridized carbons (Fsp3) is 0.481. The zero-order chi connectivity index (χ0) is 25.9. The Morgan fingerprint density at radius 1 is 1.17 bits per heavy atom. The quantitative estimate of drug-likeness (QED) is 0.454. The number of ether oxygens (including phenoxy) is 1. The van der Waals surface area contributed by atoms with Crippen molar-refractivity contribution in [3.63, 3.8) is 0 Å². The van der Waals surface area contributed by atoms with Crippen LogP contribution in [0.2, 0.25) is 0 Å². The Balaban J connectivity index is 1.40. The zero-order valence-corrected chi connectivity index (χ0v) is 20.9. The van der Waals surface area contributed by atoms with Gasteiger partial charge in [0.05, 0.1) is 18.1 Å². The molecule has 0 aliphatic carbocycles. The van der Waals surface area contributed by atoms with Gasteiger partial charge in [0.15, 0.2) is 0 Å². The van der Waals surface area contributed by atoms with Gasteiger partial charge in [0.1, 0.15) is 18.0 Å². The number of pyridine rings is 1. The lowest BCUT2D eigenvalue weighted by Gasteiger charge is -2.44. The highest BCUT2D eigenvalue weighted by Crippen LogP contribution is 2.29. The summed E-state index contributed by atoms with van der Waals surface area (Å²) >= 11 is 0. The number of amides is 1. The molecular weight excluding hydrogens is 469 g/mol. The molecule has 1 saturated heterocycles. The zero-order valence-electron chi connectivity index (χ0n) is 20.9. The third-order valence-electron chi connectivity index (χ3n) is 7.00. The molecular formula is C27H33F3N4O2. The monoisotopic (exact) mass is 502 g/mol. The first-order chi connectivity index (χ1) is 17.0. The Morgan fingerprint density at radius 2 is 1.92 bits per heavy atom. The first kappa shape index (κ1) is 26.0. The third kappa shape index (κ3) is 6.37. The van der Waals surface area contributed by atoms with Gasteiger partial charge in [-0.15, -0.1) is 0 Å². The van der Waals surface area contributed by atoms with E-state index < -0.39 is 18.6 Å². The number of benzene rings is 1. The summed E-state index contributed by atoms with van der Waals surface area (Å²) in [5, 5.41) is 0. The first-order valence-electron chi connectivity index (χ1n) is 12.2. The first-order valence-corrected chi connectivity index (χ1v) is 12.2. The number of hydrogen-bond donors (Lipinski definition) is 1. The molecule has 194 valence electrons. The number of halogens is 3. The average Bonchev–Trinajstić information content (AvgIpc) is 3.27. The van der Waals surface area contributed by atoms with Crippen LogP contribution in [0.3, 0.4) is 0 Å². The summed E-state index contributed by atoms with van der Waals surface area (Å²) < 4.78 is 45.5. The summed E-state index contributed by atoms with van der Waals surface area (Å²) in [6.07, 6.45) is -0.586. The van der Waals surface area contributed by atoms with Crippen molar-refractivity contribution in [2.24, 2.45) is 5.92 Å². The molecule has 0 unspecified atom stereocenters. The molecule has 3 heterocycles. The molecule has 9 heteroatoms. The molecule has 1 fully saturated rings. The van der Waals surface area contributed by atoms with Gasteiger partial charge in [-0.1, -0.05) is 12.1 Å². The summed E-state index contributed by atoms with van der Waals surface area (Å²) in [4.78, 5) is 23.5. The molecule has 1 aromatic carbocycles. The number of rotatable bonds is 8. The Kier molecular flexibility index (Phi) is 7.59. The number of nitrogens with zero attached hydrogens (tertiary/aromatic N) is 3. The van der Waals surface area contributed by atoms with Gasteiger partial charge < -0.3 is 14.6 Å². The molecule has 0 bridgehead atoms. The van der Waals surface area contributed by atoms with Crippen LogP contribution in [-0.4, -0.2) is 70.7 Å². The van der Waals surface area contributed by atoms with Crippen molar-refractivity contribution < 1.29 is 22.7 Å². The van der Waals surface area contributed by atoms with Crippen molar-refractivity contribution in [2.75, 3.05) is 33.3 Å². The maximum absolute atomic E-state index is 13.4. The van der Waals surface area contributed by atoms with Gasteiger partial charge in [-0.25, -0.2) is 0 Å². The minimum absolute atomic E-state index is 0.00247. The predicted molar refractivity (Wildman–Crippen MR) is 133 cm³/mol. The van der Waals surface area contributed by atoms with Crippen molar-refractivity contribution in [1.82, 2.24) is 19.8 Å². The van der Waals surface area contributed by atoms with E-state index in [1.807, 2.05) is 18.2 Å². The number of aromatic nitrogens is 2. The van der Waals surface area contributed by atoms with Crippen LogP contribution in [0.25, 0.3) is 11.0 Å². The second-order valence-corrected chi connectivity index (χ2v) is 10.2. The highest BCUT2D eigenvalue weighted by atomic mass is 19.4. The van der Waals surface area contributed by atoms with Gasteiger partial charge in [-0.3, -0.25) is 14.7 Å². The molecule has 0 radical (unpaired) electrons. The van der Waals surface area contributed by atoms with Crippen LogP contribution in [0.5, 0.6) is 5.75 Å². The number of piperidine rings is 1. The minimum Gasteiger partial charge on any atom is -0.497 e. The van der Waals surface area contributed by atoms with Gasteiger partial charge in [0.2, 0.25) is 0 Å². The molecule has 1 aliphatic heterocycles. The van der Waals surface area contributed by atoms with Crippen LogP contribution >= 0.6 is 0 Å². The molecule has 0 atom stereocenters. The number of carbonyl (C=O) groups is 1. The molecule has 0 spiro atoms. The summed E-state index contributed by atoms with van der Waals surface area (Å²) in [6.45, 7) is 4.73. The van der Waals surface area contributed by atoms with Crippen LogP contribution in [0.4, 0.5) is 13.2 Å². The fourth-order valence-electron chi connectivity index (χ4n) is 5.10. The number of H-pyrrole nitrogens is 1. The van der Waals surface area contributed by atoms with Crippen LogP contribution in [-0.2, 0) is 6.42 Å². The molecule has 36 heavy (non-hydrogen) atoms. The van der Waals surface area contributed by atoms with E-state index in [0.29, 0.717) is 11.0 Å². The van der Waals surface area contributed by atoms with Gasteiger partial charge >= 0.3 is 6.18 Å². The van der Waals surface area contributed by atoms with Crippen molar-refractivity contribution in [3.8, 4) is 5.75 Å². The predicted octanol–water partition coefficient (Wildman–Crippen LogP) is 5.31. The van der Waals surface area contributed by atoms with E-state index >= 15 is 0 Å². The van der Waals surface area contributed by atoms with Crippen molar-refractivity contribution in [3.05, 3.63) is 59.9 Å². The van der Waals surface area contributed by atoms with Crippen LogP contribution in [0.15, 0.2) is 48.7 Å². The number of hydrogen-bond acceptors (Lipinski definition) is 4. The van der Waals surface area contributed by atoms with Crippen molar-refractivity contribution in [2.45, 2.75) is 44.8 Å². The Bertz CT molecular complexity index is 1150. The van der Waals surface area contributed by atoms with Crippen LogP contribution in [0, 0.1) is 5.92 Å². The molecule has 2 aromatic heterocycles. The molecule has 1 amide bonds. The van der Waals surface area contributed by atoms with E-state index in [0.717, 1.165) is 43.0 Å². The third-order valence-corrected chi connectivity index (χ3v) is 7.00. The topological polar surface area (TPSA) is 61.5 Å². The van der Waals surface area contributed by atoms with E-state index in [2.05, 4.69) is 34.8 Å². The fourth-order valence-corrected chi connectivity index (χ4v) is 5.10. The molecule has 4 rings (SSSR count). The van der Waals surface area contributed by atoms with Gasteiger partial charge in [0, 0.05) is 18.3 Å². The molecule has 6 nitrogen and oxygen atoms in total. The van der Waals surface area contributed by atoms with Crippen molar-refractivity contribution in [1.29, 1.82) is 0 Å². The van der Waals surface area contributed by atoms with E-state index in [-0.39, 0.29) is 23.7 Å². The second kappa shape index (κ2) is 10.5. The Morgan fingerprint density at radius 3 is 2.58 bits per heavy atom. The summed E-state index contributed by atoms with van der Waals surface area (Å²) in [7, 11) is 1.65.